The monoisotopic (exact) mass is 449 g/mol. The van der Waals surface area contributed by atoms with Gasteiger partial charge in [0.25, 0.3) is 0 Å². The van der Waals surface area contributed by atoms with Gasteiger partial charge in [0, 0.05) is 17.8 Å². The van der Waals surface area contributed by atoms with Crippen LogP contribution < -0.4 is 10.2 Å². The maximum Gasteiger partial charge on any atom is 0.354 e. The first kappa shape index (κ1) is 21.0. The molecule has 3 aromatic heterocycles. The van der Waals surface area contributed by atoms with Crippen molar-refractivity contribution in [2.75, 3.05) is 10.2 Å². The SMILES string of the molecule is O=[N+]([O-])c1c(Nc2cccc3cccnc23)ncnc1N(Cc1ccccc1)c1ccccn1. The van der Waals surface area contributed by atoms with Crippen molar-refractivity contribution in [3.8, 4) is 0 Å². The van der Waals surface area contributed by atoms with Gasteiger partial charge in [-0.05, 0) is 29.8 Å². The van der Waals surface area contributed by atoms with Crippen LogP contribution in [0.15, 0.2) is 97.6 Å². The summed E-state index contributed by atoms with van der Waals surface area (Å²) in [6, 6.07) is 24.4. The average molecular weight is 449 g/mol. The molecule has 0 saturated carbocycles. The maximum atomic E-state index is 12.3. The smallest absolute Gasteiger partial charge is 0.332 e. The van der Waals surface area contributed by atoms with E-state index in [0.29, 0.717) is 23.6 Å². The van der Waals surface area contributed by atoms with Crippen molar-refractivity contribution in [2.45, 2.75) is 6.54 Å². The number of aromatic nitrogens is 4. The molecule has 0 saturated heterocycles. The van der Waals surface area contributed by atoms with Crippen LogP contribution in [0.4, 0.5) is 28.8 Å². The third-order valence-electron chi connectivity index (χ3n) is 5.24. The minimum atomic E-state index is -0.475. The first-order valence-corrected chi connectivity index (χ1v) is 10.5. The van der Waals surface area contributed by atoms with E-state index in [1.165, 1.54) is 6.33 Å². The summed E-state index contributed by atoms with van der Waals surface area (Å²) in [7, 11) is 0. The summed E-state index contributed by atoms with van der Waals surface area (Å²) in [5, 5.41) is 16.3. The van der Waals surface area contributed by atoms with Gasteiger partial charge in [0.15, 0.2) is 0 Å². The molecule has 0 atom stereocenters. The molecule has 9 heteroatoms. The lowest BCUT2D eigenvalue weighted by Gasteiger charge is -2.23. The van der Waals surface area contributed by atoms with E-state index in [-0.39, 0.29) is 17.3 Å². The van der Waals surface area contributed by atoms with Crippen molar-refractivity contribution < 1.29 is 4.92 Å². The Bertz CT molecular complexity index is 1440. The predicted octanol–water partition coefficient (Wildman–Crippen LogP) is 5.41. The number of pyridine rings is 2. The van der Waals surface area contributed by atoms with E-state index >= 15 is 0 Å². The molecular formula is C25H19N7O2. The highest BCUT2D eigenvalue weighted by Gasteiger charge is 2.29. The Labute approximate surface area is 194 Å². The molecule has 1 N–H and O–H groups in total. The van der Waals surface area contributed by atoms with Crippen LogP contribution in [0.5, 0.6) is 0 Å². The summed E-state index contributed by atoms with van der Waals surface area (Å²) in [6.07, 6.45) is 4.63. The van der Waals surface area contributed by atoms with Crippen LogP contribution in [0.1, 0.15) is 5.56 Å². The number of hydrogen-bond donors (Lipinski definition) is 1. The maximum absolute atomic E-state index is 12.3. The van der Waals surface area contributed by atoms with Gasteiger partial charge in [0.05, 0.1) is 22.7 Å². The van der Waals surface area contributed by atoms with Gasteiger partial charge in [-0.2, -0.15) is 0 Å². The van der Waals surface area contributed by atoms with E-state index < -0.39 is 4.92 Å². The normalized spacial score (nSPS) is 10.7. The Balaban J connectivity index is 1.63. The lowest BCUT2D eigenvalue weighted by atomic mass is 10.2. The number of benzene rings is 2. The number of nitro groups is 1. The third kappa shape index (κ3) is 4.22. The number of nitrogens with zero attached hydrogens (tertiary/aromatic N) is 6. The van der Waals surface area contributed by atoms with Gasteiger partial charge in [-0.25, -0.2) is 15.0 Å². The minimum Gasteiger partial charge on any atom is -0.332 e. The van der Waals surface area contributed by atoms with Crippen LogP contribution in [0.2, 0.25) is 0 Å². The lowest BCUT2D eigenvalue weighted by Crippen LogP contribution is -2.21. The van der Waals surface area contributed by atoms with Gasteiger partial charge in [-0.1, -0.05) is 54.6 Å². The van der Waals surface area contributed by atoms with Crippen LogP contribution >= 0.6 is 0 Å². The van der Waals surface area contributed by atoms with Gasteiger partial charge in [0.2, 0.25) is 11.6 Å². The predicted molar refractivity (Wildman–Crippen MR) is 130 cm³/mol. The number of anilines is 4. The number of para-hydroxylation sites is 1. The second kappa shape index (κ2) is 9.29. The molecule has 5 rings (SSSR count). The molecule has 0 aliphatic rings. The first-order chi connectivity index (χ1) is 16.7. The van der Waals surface area contributed by atoms with Crippen molar-refractivity contribution >= 4 is 39.7 Å². The molecule has 0 bridgehead atoms. The Morgan fingerprint density at radius 1 is 0.824 bits per heavy atom. The van der Waals surface area contributed by atoms with Crippen molar-refractivity contribution in [2.24, 2.45) is 0 Å². The highest BCUT2D eigenvalue weighted by molar-refractivity contribution is 5.93. The summed E-state index contributed by atoms with van der Waals surface area (Å²) in [6.45, 7) is 0.338. The molecule has 0 aliphatic carbocycles. The van der Waals surface area contributed by atoms with Crippen LogP contribution in [-0.2, 0) is 6.54 Å². The highest BCUT2D eigenvalue weighted by Crippen LogP contribution is 2.38. The summed E-state index contributed by atoms with van der Waals surface area (Å²) in [4.78, 5) is 30.9. The molecule has 0 aliphatic heterocycles. The molecule has 0 amide bonds. The number of fused-ring (bicyclic) bond motifs is 1. The lowest BCUT2D eigenvalue weighted by molar-refractivity contribution is -0.383. The zero-order valence-electron chi connectivity index (χ0n) is 17.9. The highest BCUT2D eigenvalue weighted by atomic mass is 16.6. The molecule has 166 valence electrons. The molecule has 0 unspecified atom stereocenters. The van der Waals surface area contributed by atoms with Crippen LogP contribution in [0.3, 0.4) is 0 Å². The fourth-order valence-corrected chi connectivity index (χ4v) is 3.70. The third-order valence-corrected chi connectivity index (χ3v) is 5.24. The van der Waals surface area contributed by atoms with Crippen molar-refractivity contribution in [3.05, 3.63) is 113 Å². The van der Waals surface area contributed by atoms with E-state index in [0.717, 1.165) is 10.9 Å². The Hall–Kier alpha value is -4.92. The van der Waals surface area contributed by atoms with E-state index in [1.807, 2.05) is 60.7 Å². The van der Waals surface area contributed by atoms with Gasteiger partial charge < -0.3 is 10.2 Å². The van der Waals surface area contributed by atoms with E-state index in [9.17, 15) is 10.1 Å². The Morgan fingerprint density at radius 2 is 1.62 bits per heavy atom. The van der Waals surface area contributed by atoms with E-state index in [2.05, 4.69) is 25.3 Å². The Kier molecular flexibility index (Phi) is 5.73. The average Bonchev–Trinajstić information content (AvgIpc) is 2.88. The zero-order chi connectivity index (χ0) is 23.3. The number of hydrogen-bond acceptors (Lipinski definition) is 8. The summed E-state index contributed by atoms with van der Waals surface area (Å²) in [5.41, 5.74) is 1.99. The zero-order valence-corrected chi connectivity index (χ0v) is 17.9. The van der Waals surface area contributed by atoms with Crippen molar-refractivity contribution in [1.29, 1.82) is 0 Å². The molecular weight excluding hydrogens is 430 g/mol. The molecule has 2 aromatic carbocycles. The van der Waals surface area contributed by atoms with Gasteiger partial charge in [-0.3, -0.25) is 15.1 Å². The van der Waals surface area contributed by atoms with Crippen LogP contribution in [0, 0.1) is 10.1 Å². The molecule has 5 aromatic rings. The molecule has 3 heterocycles. The second-order valence-electron chi connectivity index (χ2n) is 7.42. The van der Waals surface area contributed by atoms with Gasteiger partial charge >= 0.3 is 5.69 Å². The molecule has 0 fully saturated rings. The van der Waals surface area contributed by atoms with Gasteiger partial charge in [0.1, 0.15) is 12.1 Å². The first-order valence-electron chi connectivity index (χ1n) is 10.5. The Morgan fingerprint density at radius 3 is 2.41 bits per heavy atom. The molecule has 34 heavy (non-hydrogen) atoms. The summed E-state index contributed by atoms with van der Waals surface area (Å²) < 4.78 is 0. The molecule has 0 spiro atoms. The van der Waals surface area contributed by atoms with E-state index in [4.69, 9.17) is 0 Å². The standard InChI is InChI=1S/C25H19N7O2/c33-32(34)23-24(30-20-12-6-10-19-11-7-15-27-22(19)20)28-17-29-25(23)31(21-13-4-5-14-26-21)16-18-8-2-1-3-9-18/h1-15,17H,16H2,(H,28,29,30). The largest absolute Gasteiger partial charge is 0.354 e. The number of rotatable bonds is 7. The van der Waals surface area contributed by atoms with E-state index in [1.54, 1.807) is 35.5 Å². The molecule has 9 nitrogen and oxygen atoms in total. The number of nitrogens with one attached hydrogen (secondary N) is 1. The second-order valence-corrected chi connectivity index (χ2v) is 7.42. The van der Waals surface area contributed by atoms with Crippen LogP contribution in [-0.4, -0.2) is 24.9 Å². The summed E-state index contributed by atoms with van der Waals surface area (Å²) in [5.74, 6) is 0.742. The van der Waals surface area contributed by atoms with Crippen molar-refractivity contribution in [1.82, 2.24) is 19.9 Å². The van der Waals surface area contributed by atoms with Gasteiger partial charge in [-0.15, -0.1) is 0 Å². The topological polar surface area (TPSA) is 110 Å². The summed E-state index contributed by atoms with van der Waals surface area (Å²) >= 11 is 0. The molecule has 0 radical (unpaired) electrons. The van der Waals surface area contributed by atoms with Crippen molar-refractivity contribution in [3.63, 3.8) is 0 Å². The minimum absolute atomic E-state index is 0.0714. The fourth-order valence-electron chi connectivity index (χ4n) is 3.70. The van der Waals surface area contributed by atoms with Crippen LogP contribution in [0.25, 0.3) is 10.9 Å². The quantitative estimate of drug-likeness (QED) is 0.259. The fraction of sp³-hybridized carbons (Fsp3) is 0.0400.